The Labute approximate surface area is 412 Å². The number of nitrogens with zero attached hydrogens (tertiary/aromatic N) is 2. The number of anilines is 6. The quantitative estimate of drug-likeness (QED) is 0.150. The predicted octanol–water partition coefficient (Wildman–Crippen LogP) is 18.7. The van der Waals surface area contributed by atoms with E-state index in [2.05, 4.69) is 277 Å². The van der Waals surface area contributed by atoms with Crippen molar-refractivity contribution in [2.75, 3.05) is 9.80 Å². The van der Waals surface area contributed by atoms with E-state index in [1.807, 2.05) is 11.3 Å². The minimum Gasteiger partial charge on any atom is -0.310 e. The highest BCUT2D eigenvalue weighted by atomic mass is 32.1. The van der Waals surface area contributed by atoms with E-state index in [-0.39, 0.29) is 0 Å². The van der Waals surface area contributed by atoms with E-state index in [0.717, 1.165) is 34.0 Å². The lowest BCUT2D eigenvalue weighted by atomic mass is 9.69. The second kappa shape index (κ2) is 16.2. The summed E-state index contributed by atoms with van der Waals surface area (Å²) in [6.45, 7) is 0. The summed E-state index contributed by atoms with van der Waals surface area (Å²) >= 11 is 1.86. The molecule has 70 heavy (non-hydrogen) atoms. The molecule has 11 aromatic carbocycles. The number of hydrogen-bond acceptors (Lipinski definition) is 3. The van der Waals surface area contributed by atoms with Crippen LogP contribution >= 0.6 is 11.3 Å². The number of benzene rings is 11. The van der Waals surface area contributed by atoms with Crippen LogP contribution < -0.4 is 9.80 Å². The summed E-state index contributed by atoms with van der Waals surface area (Å²) in [6.07, 6.45) is 0. The molecule has 3 heteroatoms. The van der Waals surface area contributed by atoms with Gasteiger partial charge in [-0.3, -0.25) is 0 Å². The average Bonchev–Trinajstić information content (AvgIpc) is 4.07. The van der Waals surface area contributed by atoms with E-state index in [1.54, 1.807) is 0 Å². The van der Waals surface area contributed by atoms with Crippen LogP contribution in [0.15, 0.2) is 267 Å². The second-order valence-electron chi connectivity index (χ2n) is 18.3. The summed E-state index contributed by atoms with van der Waals surface area (Å²) in [6, 6.07) is 98.6. The van der Waals surface area contributed by atoms with E-state index in [4.69, 9.17) is 0 Å². The minimum atomic E-state index is -0.606. The molecule has 0 amide bonds. The molecule has 0 unspecified atom stereocenters. The Hall–Kier alpha value is -8.76. The number of fused-ring (bicyclic) bond motifs is 13. The second-order valence-corrected chi connectivity index (χ2v) is 19.4. The lowest BCUT2D eigenvalue weighted by molar-refractivity contribution is 0.793. The van der Waals surface area contributed by atoms with Gasteiger partial charge in [-0.25, -0.2) is 0 Å². The number of thiophene rings is 1. The van der Waals surface area contributed by atoms with Crippen molar-refractivity contribution in [1.29, 1.82) is 0 Å². The fraction of sp³-hybridized carbons (Fsp3) is 0.0149. The molecule has 328 valence electrons. The predicted molar refractivity (Wildman–Crippen MR) is 296 cm³/mol. The highest BCUT2D eigenvalue weighted by molar-refractivity contribution is 7.26. The maximum absolute atomic E-state index is 2.49. The third-order valence-electron chi connectivity index (χ3n) is 14.7. The monoisotopic (exact) mass is 908 g/mol. The van der Waals surface area contributed by atoms with Crippen LogP contribution in [0.4, 0.5) is 34.1 Å². The van der Waals surface area contributed by atoms with E-state index in [0.29, 0.717) is 0 Å². The van der Waals surface area contributed by atoms with Crippen LogP contribution in [-0.4, -0.2) is 0 Å². The van der Waals surface area contributed by atoms with Gasteiger partial charge in [-0.2, -0.15) is 0 Å². The van der Waals surface area contributed by atoms with Gasteiger partial charge in [-0.05, 0) is 134 Å². The molecule has 0 saturated heterocycles. The van der Waals surface area contributed by atoms with Crippen molar-refractivity contribution >= 4 is 65.6 Å². The van der Waals surface area contributed by atoms with Gasteiger partial charge in [0.05, 0.1) is 16.8 Å². The maximum atomic E-state index is 2.49. The molecular formula is C67H44N2S. The summed E-state index contributed by atoms with van der Waals surface area (Å²) in [4.78, 5) is 4.95. The SMILES string of the molecule is c1ccc(-c2ccc(N(c3ccccc3)c3ccc(-c4cccc(N(c5ccccc5)c5cccc6sc7ccccc7c56)c4)c4c3C3(c5ccccc5-c5ccccc53)c3ccccc3-4)cc2)cc1. The molecule has 0 bridgehead atoms. The lowest BCUT2D eigenvalue weighted by Gasteiger charge is -2.36. The Morgan fingerprint density at radius 3 is 1.47 bits per heavy atom. The van der Waals surface area contributed by atoms with E-state index >= 15 is 0 Å². The third-order valence-corrected chi connectivity index (χ3v) is 15.8. The Balaban J connectivity index is 1.05. The number of para-hydroxylation sites is 2. The highest BCUT2D eigenvalue weighted by Gasteiger charge is 2.54. The van der Waals surface area contributed by atoms with Crippen LogP contribution in [0.5, 0.6) is 0 Å². The molecule has 0 fully saturated rings. The van der Waals surface area contributed by atoms with Crippen LogP contribution in [0.3, 0.4) is 0 Å². The van der Waals surface area contributed by atoms with Gasteiger partial charge in [-0.15, -0.1) is 11.3 Å². The Bertz CT molecular complexity index is 3900. The number of rotatable bonds is 8. The van der Waals surface area contributed by atoms with Crippen molar-refractivity contribution in [2.45, 2.75) is 5.41 Å². The van der Waals surface area contributed by atoms with Gasteiger partial charge in [0, 0.05) is 48.5 Å². The van der Waals surface area contributed by atoms with Gasteiger partial charge in [0.1, 0.15) is 0 Å². The summed E-state index contributed by atoms with van der Waals surface area (Å²) in [5.74, 6) is 0. The Kier molecular flexibility index (Phi) is 9.33. The van der Waals surface area contributed by atoms with Gasteiger partial charge < -0.3 is 9.80 Å². The fourth-order valence-corrected chi connectivity index (χ4v) is 13.0. The Morgan fingerprint density at radius 2 is 0.786 bits per heavy atom. The summed E-state index contributed by atoms with van der Waals surface area (Å²) in [5.41, 5.74) is 21.2. The zero-order valence-corrected chi connectivity index (χ0v) is 39.0. The lowest BCUT2D eigenvalue weighted by Crippen LogP contribution is -2.28. The average molecular weight is 909 g/mol. The van der Waals surface area contributed by atoms with Crippen LogP contribution in [0, 0.1) is 0 Å². The van der Waals surface area contributed by atoms with E-state index in [9.17, 15) is 0 Å². The highest BCUT2D eigenvalue weighted by Crippen LogP contribution is 2.67. The summed E-state index contributed by atoms with van der Waals surface area (Å²) < 4.78 is 2.57. The molecule has 0 atom stereocenters. The molecule has 1 heterocycles. The van der Waals surface area contributed by atoms with Crippen molar-refractivity contribution in [2.24, 2.45) is 0 Å². The Morgan fingerprint density at radius 1 is 0.300 bits per heavy atom. The first-order chi connectivity index (χ1) is 34.8. The van der Waals surface area contributed by atoms with Gasteiger partial charge in [-0.1, -0.05) is 194 Å². The standard InChI is InChI=1S/C67H44N2S/c1-4-20-45(21-5-1)46-38-40-50(41-39-46)68(48-23-6-2-7-24-48)61-43-42-52(64-55-30-12-16-34-59(55)67(66(61)64)57-32-14-10-28-53(57)54-29-11-15-33-58(54)67)47-22-18-27-51(44-47)69(49-25-8-3-9-26-49)60-35-19-37-63-65(60)56-31-13-17-36-62(56)70-63/h1-44H. The largest absolute Gasteiger partial charge is 0.310 e. The molecular weight excluding hydrogens is 865 g/mol. The normalized spacial score (nSPS) is 12.7. The maximum Gasteiger partial charge on any atom is 0.0746 e. The zero-order chi connectivity index (χ0) is 46.2. The van der Waals surface area contributed by atoms with Crippen LogP contribution in [0.1, 0.15) is 22.3 Å². The molecule has 0 radical (unpaired) electrons. The molecule has 2 aliphatic carbocycles. The fourth-order valence-electron chi connectivity index (χ4n) is 11.8. The molecule has 12 aromatic rings. The summed E-state index contributed by atoms with van der Waals surface area (Å²) in [7, 11) is 0. The molecule has 2 nitrogen and oxygen atoms in total. The number of hydrogen-bond donors (Lipinski definition) is 0. The van der Waals surface area contributed by atoms with Gasteiger partial charge in [0.15, 0.2) is 0 Å². The first-order valence-electron chi connectivity index (χ1n) is 24.1. The molecule has 0 N–H and O–H groups in total. The van der Waals surface area contributed by atoms with Crippen LogP contribution in [-0.2, 0) is 5.41 Å². The van der Waals surface area contributed by atoms with Crippen LogP contribution in [0.25, 0.3) is 64.7 Å². The third kappa shape index (κ3) is 6.05. The topological polar surface area (TPSA) is 6.48 Å². The van der Waals surface area contributed by atoms with Gasteiger partial charge in [0.2, 0.25) is 0 Å². The van der Waals surface area contributed by atoms with E-state index < -0.39 is 5.41 Å². The summed E-state index contributed by atoms with van der Waals surface area (Å²) in [5, 5.41) is 2.55. The van der Waals surface area contributed by atoms with Crippen molar-refractivity contribution in [1.82, 2.24) is 0 Å². The van der Waals surface area contributed by atoms with E-state index in [1.165, 1.54) is 87.1 Å². The van der Waals surface area contributed by atoms with Crippen molar-refractivity contribution < 1.29 is 0 Å². The molecule has 1 aromatic heterocycles. The minimum absolute atomic E-state index is 0.606. The molecule has 1 spiro atoms. The molecule has 14 rings (SSSR count). The van der Waals surface area contributed by atoms with Crippen molar-refractivity contribution in [3.8, 4) is 44.5 Å². The molecule has 0 saturated carbocycles. The first kappa shape index (κ1) is 40.3. The molecule has 0 aliphatic heterocycles. The molecule has 2 aliphatic rings. The first-order valence-corrected chi connectivity index (χ1v) is 24.9. The van der Waals surface area contributed by atoms with Gasteiger partial charge >= 0.3 is 0 Å². The smallest absolute Gasteiger partial charge is 0.0746 e. The van der Waals surface area contributed by atoms with Gasteiger partial charge in [0.25, 0.3) is 0 Å². The van der Waals surface area contributed by atoms with Crippen molar-refractivity contribution in [3.63, 3.8) is 0 Å². The zero-order valence-electron chi connectivity index (χ0n) is 38.2. The van der Waals surface area contributed by atoms with Crippen molar-refractivity contribution in [3.05, 3.63) is 289 Å². The van der Waals surface area contributed by atoms with Crippen LogP contribution in [0.2, 0.25) is 0 Å².